The van der Waals surface area contributed by atoms with Crippen LogP contribution in [0.4, 0.5) is 0 Å². The molecule has 0 saturated heterocycles. The van der Waals surface area contributed by atoms with Gasteiger partial charge in [-0.3, -0.25) is 4.68 Å². The summed E-state index contributed by atoms with van der Waals surface area (Å²) >= 11 is 5.93. The minimum atomic E-state index is -1.09. The summed E-state index contributed by atoms with van der Waals surface area (Å²) in [5.41, 5.74) is 1.05. The van der Waals surface area contributed by atoms with Gasteiger partial charge in [0.1, 0.15) is 5.75 Å². The van der Waals surface area contributed by atoms with Gasteiger partial charge in [-0.15, -0.1) is 0 Å². The Morgan fingerprint density at radius 3 is 2.78 bits per heavy atom. The topological polar surface area (TPSA) is 64.4 Å². The van der Waals surface area contributed by atoms with E-state index in [0.717, 1.165) is 0 Å². The first-order valence-electron chi connectivity index (χ1n) is 5.13. The highest BCUT2D eigenvalue weighted by molar-refractivity contribution is 6.31. The normalized spacial score (nSPS) is 10.4. The number of nitrogens with zero attached hydrogens (tertiary/aromatic N) is 2. The molecule has 2 rings (SSSR count). The van der Waals surface area contributed by atoms with E-state index in [0.29, 0.717) is 21.9 Å². The average Bonchev–Trinajstić information content (AvgIpc) is 2.71. The summed E-state index contributed by atoms with van der Waals surface area (Å²) in [5, 5.41) is 13.5. The van der Waals surface area contributed by atoms with E-state index in [4.69, 9.17) is 21.4 Å². The molecule has 0 spiro atoms. The fraction of sp³-hybridized carbons (Fsp3) is 0.167. The van der Waals surface area contributed by atoms with Gasteiger partial charge in [-0.1, -0.05) is 11.6 Å². The van der Waals surface area contributed by atoms with Crippen LogP contribution in [0.3, 0.4) is 0 Å². The number of carboxylic acid groups (broad SMARTS) is 1. The van der Waals surface area contributed by atoms with Crippen molar-refractivity contribution < 1.29 is 14.6 Å². The second-order valence-corrected chi connectivity index (χ2v) is 4.15. The van der Waals surface area contributed by atoms with Crippen molar-refractivity contribution in [3.05, 3.63) is 35.1 Å². The minimum Gasteiger partial charge on any atom is -0.496 e. The van der Waals surface area contributed by atoms with Crippen molar-refractivity contribution in [1.82, 2.24) is 9.78 Å². The second-order valence-electron chi connectivity index (χ2n) is 3.71. The van der Waals surface area contributed by atoms with E-state index >= 15 is 0 Å². The van der Waals surface area contributed by atoms with Gasteiger partial charge in [-0.05, 0) is 18.2 Å². The Hall–Kier alpha value is -2.01. The molecule has 0 atom stereocenters. The third-order valence-electron chi connectivity index (χ3n) is 2.48. The molecule has 5 nitrogen and oxygen atoms in total. The van der Waals surface area contributed by atoms with Gasteiger partial charge in [0.25, 0.3) is 0 Å². The number of rotatable bonds is 3. The maximum absolute atomic E-state index is 11.1. The van der Waals surface area contributed by atoms with E-state index in [2.05, 4.69) is 5.10 Å². The van der Waals surface area contributed by atoms with Crippen LogP contribution in [0, 0.1) is 0 Å². The Kier molecular flexibility index (Phi) is 3.25. The Morgan fingerprint density at radius 2 is 2.17 bits per heavy atom. The molecule has 6 heteroatoms. The first kappa shape index (κ1) is 12.4. The first-order chi connectivity index (χ1) is 8.52. The Morgan fingerprint density at radius 1 is 1.44 bits per heavy atom. The summed E-state index contributed by atoms with van der Waals surface area (Å²) < 4.78 is 6.65. The third kappa shape index (κ3) is 2.17. The maximum atomic E-state index is 11.1. The van der Waals surface area contributed by atoms with Crippen LogP contribution in [0.5, 0.6) is 5.75 Å². The van der Waals surface area contributed by atoms with Gasteiger partial charge in [-0.2, -0.15) is 5.10 Å². The van der Waals surface area contributed by atoms with Gasteiger partial charge in [0.05, 0.1) is 7.11 Å². The molecule has 94 valence electrons. The monoisotopic (exact) mass is 266 g/mol. The van der Waals surface area contributed by atoms with E-state index in [9.17, 15) is 4.79 Å². The highest BCUT2D eigenvalue weighted by atomic mass is 35.5. The molecule has 0 amide bonds. The second kappa shape index (κ2) is 4.70. The zero-order valence-corrected chi connectivity index (χ0v) is 10.6. The number of hydrogen-bond acceptors (Lipinski definition) is 3. The van der Waals surface area contributed by atoms with Crippen LogP contribution in [0.2, 0.25) is 5.02 Å². The number of hydrogen-bond donors (Lipinski definition) is 1. The van der Waals surface area contributed by atoms with Crippen LogP contribution in [-0.4, -0.2) is 28.0 Å². The molecule has 1 heterocycles. The number of carboxylic acids is 1. The van der Waals surface area contributed by atoms with Gasteiger partial charge < -0.3 is 9.84 Å². The van der Waals surface area contributed by atoms with E-state index in [-0.39, 0.29) is 5.69 Å². The smallest absolute Gasteiger partial charge is 0.357 e. The number of ether oxygens (including phenoxy) is 1. The predicted octanol–water partition coefficient (Wildman–Crippen LogP) is 2.45. The number of aromatic nitrogens is 2. The lowest BCUT2D eigenvalue weighted by molar-refractivity contribution is 0.0690. The highest BCUT2D eigenvalue weighted by Crippen LogP contribution is 2.34. The standard InChI is InChI=1S/C12H11ClN2O3/c1-15-6-9(11(14-15)12(16)17)8-5-7(13)3-4-10(8)18-2/h3-6H,1-2H3,(H,16,17). The molecule has 0 bridgehead atoms. The summed E-state index contributed by atoms with van der Waals surface area (Å²) in [6.07, 6.45) is 1.62. The number of aryl methyl sites for hydroxylation is 1. The van der Waals surface area contributed by atoms with Crippen molar-refractivity contribution in [1.29, 1.82) is 0 Å². The van der Waals surface area contributed by atoms with Crippen molar-refractivity contribution in [2.45, 2.75) is 0 Å². The van der Waals surface area contributed by atoms with Gasteiger partial charge in [0, 0.05) is 29.4 Å². The zero-order chi connectivity index (χ0) is 13.3. The SMILES string of the molecule is COc1ccc(Cl)cc1-c1cn(C)nc1C(=O)O. The molecule has 0 radical (unpaired) electrons. The number of benzene rings is 1. The molecule has 2 aromatic rings. The number of carbonyl (C=O) groups is 1. The van der Waals surface area contributed by atoms with Crippen LogP contribution < -0.4 is 4.74 Å². The lowest BCUT2D eigenvalue weighted by Crippen LogP contribution is -2.01. The molecule has 1 aromatic carbocycles. The molecule has 18 heavy (non-hydrogen) atoms. The molecule has 0 fully saturated rings. The number of methoxy groups -OCH3 is 1. The van der Waals surface area contributed by atoms with Crippen molar-refractivity contribution in [2.75, 3.05) is 7.11 Å². The summed E-state index contributed by atoms with van der Waals surface area (Å²) in [5.74, 6) is -0.539. The van der Waals surface area contributed by atoms with Crippen LogP contribution in [0.15, 0.2) is 24.4 Å². The van der Waals surface area contributed by atoms with E-state index in [1.54, 1.807) is 31.4 Å². The quantitative estimate of drug-likeness (QED) is 0.927. The molecule has 0 aliphatic rings. The average molecular weight is 267 g/mol. The summed E-state index contributed by atoms with van der Waals surface area (Å²) in [6.45, 7) is 0. The van der Waals surface area contributed by atoms with Crippen LogP contribution in [-0.2, 0) is 7.05 Å². The van der Waals surface area contributed by atoms with Crippen LogP contribution in [0.1, 0.15) is 10.5 Å². The summed E-state index contributed by atoms with van der Waals surface area (Å²) in [4.78, 5) is 11.1. The summed E-state index contributed by atoms with van der Waals surface area (Å²) in [7, 11) is 3.18. The fourth-order valence-corrected chi connectivity index (χ4v) is 1.91. The van der Waals surface area contributed by atoms with Gasteiger partial charge in [0.15, 0.2) is 5.69 Å². The van der Waals surface area contributed by atoms with E-state index < -0.39 is 5.97 Å². The Balaban J connectivity index is 2.68. The molecule has 1 N–H and O–H groups in total. The Bertz CT molecular complexity index is 607. The van der Waals surface area contributed by atoms with Crippen LogP contribution in [0.25, 0.3) is 11.1 Å². The third-order valence-corrected chi connectivity index (χ3v) is 2.72. The van der Waals surface area contributed by atoms with Gasteiger partial charge in [-0.25, -0.2) is 4.79 Å². The lowest BCUT2D eigenvalue weighted by Gasteiger charge is -2.07. The largest absolute Gasteiger partial charge is 0.496 e. The molecular formula is C12H11ClN2O3. The van der Waals surface area contributed by atoms with E-state index in [1.165, 1.54) is 11.8 Å². The fourth-order valence-electron chi connectivity index (χ4n) is 1.73. The van der Waals surface area contributed by atoms with Crippen molar-refractivity contribution in [3.63, 3.8) is 0 Å². The summed E-state index contributed by atoms with van der Waals surface area (Å²) in [6, 6.07) is 5.03. The Labute approximate surface area is 109 Å². The van der Waals surface area contributed by atoms with E-state index in [1.807, 2.05) is 0 Å². The number of halogens is 1. The first-order valence-corrected chi connectivity index (χ1v) is 5.51. The molecule has 1 aromatic heterocycles. The molecule has 0 aliphatic heterocycles. The minimum absolute atomic E-state index is 0.0296. The highest BCUT2D eigenvalue weighted by Gasteiger charge is 2.19. The molecule has 0 unspecified atom stereocenters. The predicted molar refractivity (Wildman–Crippen MR) is 67.2 cm³/mol. The lowest BCUT2D eigenvalue weighted by atomic mass is 10.1. The van der Waals surface area contributed by atoms with Crippen molar-refractivity contribution >= 4 is 17.6 Å². The molecular weight excluding hydrogens is 256 g/mol. The zero-order valence-electron chi connectivity index (χ0n) is 9.85. The number of aromatic carboxylic acids is 1. The van der Waals surface area contributed by atoms with Crippen molar-refractivity contribution in [3.8, 4) is 16.9 Å². The van der Waals surface area contributed by atoms with Gasteiger partial charge >= 0.3 is 5.97 Å². The van der Waals surface area contributed by atoms with Crippen molar-refractivity contribution in [2.24, 2.45) is 7.05 Å². The van der Waals surface area contributed by atoms with Gasteiger partial charge in [0.2, 0.25) is 0 Å². The molecule has 0 aliphatic carbocycles. The molecule has 0 saturated carbocycles. The van der Waals surface area contributed by atoms with Crippen LogP contribution >= 0.6 is 11.6 Å². The maximum Gasteiger partial charge on any atom is 0.357 e.